The Kier molecular flexibility index (Phi) is 7.77. The van der Waals surface area contributed by atoms with Crippen LogP contribution in [-0.4, -0.2) is 96.1 Å². The van der Waals surface area contributed by atoms with Crippen LogP contribution < -0.4 is 16.0 Å². The van der Waals surface area contributed by atoms with Crippen molar-refractivity contribution in [2.24, 2.45) is 23.2 Å². The van der Waals surface area contributed by atoms with Crippen LogP contribution in [0.4, 0.5) is 26.3 Å². The van der Waals surface area contributed by atoms with Gasteiger partial charge >= 0.3 is 18.3 Å². The topological polar surface area (TPSA) is 135 Å². The van der Waals surface area contributed by atoms with Crippen molar-refractivity contribution in [2.45, 2.75) is 75.5 Å². The number of fused-ring (bicyclic) bond motifs is 1. The standard InChI is InChI=1S/C25H32F6N6O4/c1-22(2)14-9-37(20(40)15(34-21(41)25(29,30)31)10-36(3)11-24(26,27)28)17(16(14)22)19(39)33-13(8-32)6-12-7-23(4-5-23)35-18(12)38/h12-17H,4-7,9-11H2,1-3H3,(H,33,39)(H,34,41)(H,35,38)/t12-,13+,14?,15+,16?,17?/m1/s1. The number of carbonyl (C=O) groups is 4. The first-order chi connectivity index (χ1) is 18.8. The Morgan fingerprint density at radius 2 is 1.80 bits per heavy atom. The van der Waals surface area contributed by atoms with Gasteiger partial charge in [-0.25, -0.2) is 0 Å². The lowest BCUT2D eigenvalue weighted by Crippen LogP contribution is -2.60. The van der Waals surface area contributed by atoms with Gasteiger partial charge < -0.3 is 20.9 Å². The molecule has 0 aromatic heterocycles. The molecule has 3 unspecified atom stereocenters. The summed E-state index contributed by atoms with van der Waals surface area (Å²) in [5.41, 5.74) is -0.677. The van der Waals surface area contributed by atoms with Gasteiger partial charge in [0, 0.05) is 24.5 Å². The second-order valence-corrected chi connectivity index (χ2v) is 12.3. The Morgan fingerprint density at radius 1 is 1.17 bits per heavy atom. The van der Waals surface area contributed by atoms with Gasteiger partial charge in [-0.3, -0.25) is 24.1 Å². The largest absolute Gasteiger partial charge is 0.471 e. The highest BCUT2D eigenvalue weighted by molar-refractivity contribution is 5.94. The molecule has 2 aliphatic carbocycles. The lowest BCUT2D eigenvalue weighted by molar-refractivity contribution is -0.175. The minimum atomic E-state index is -5.40. The Hall–Kier alpha value is -3.09. The first kappa shape index (κ1) is 30.9. The zero-order chi connectivity index (χ0) is 30.7. The van der Waals surface area contributed by atoms with Gasteiger partial charge in [-0.2, -0.15) is 31.6 Å². The summed E-state index contributed by atoms with van der Waals surface area (Å²) in [4.78, 5) is 52.5. The summed E-state index contributed by atoms with van der Waals surface area (Å²) in [6.45, 7) is 1.15. The minimum absolute atomic E-state index is 0.0283. The van der Waals surface area contributed by atoms with E-state index in [1.54, 1.807) is 0 Å². The zero-order valence-electron chi connectivity index (χ0n) is 22.7. The third kappa shape index (κ3) is 6.54. The summed E-state index contributed by atoms with van der Waals surface area (Å²) in [6, 6.07) is -2.41. The Labute approximate surface area is 232 Å². The molecule has 1 spiro atoms. The molecule has 228 valence electrons. The third-order valence-corrected chi connectivity index (χ3v) is 8.81. The van der Waals surface area contributed by atoms with Crippen molar-refractivity contribution in [3.05, 3.63) is 0 Å². The van der Waals surface area contributed by atoms with Gasteiger partial charge in [0.25, 0.3) is 0 Å². The first-order valence-electron chi connectivity index (χ1n) is 13.2. The number of halogens is 6. The fourth-order valence-corrected chi connectivity index (χ4v) is 6.46. The fraction of sp³-hybridized carbons (Fsp3) is 0.800. The van der Waals surface area contributed by atoms with Gasteiger partial charge in [-0.05, 0) is 50.0 Å². The van der Waals surface area contributed by atoms with E-state index in [1.165, 1.54) is 5.32 Å². The molecule has 10 nitrogen and oxygen atoms in total. The molecule has 6 atom stereocenters. The number of piperidine rings is 1. The number of alkyl halides is 6. The molecule has 16 heteroatoms. The number of nitrogens with zero attached hydrogens (tertiary/aromatic N) is 3. The number of nitrogens with one attached hydrogen (secondary N) is 3. The van der Waals surface area contributed by atoms with Gasteiger partial charge in [-0.1, -0.05) is 13.8 Å². The van der Waals surface area contributed by atoms with Gasteiger partial charge in [0.15, 0.2) is 0 Å². The van der Waals surface area contributed by atoms with Crippen LogP contribution in [0.1, 0.15) is 39.5 Å². The second-order valence-electron chi connectivity index (χ2n) is 12.3. The molecule has 4 aliphatic rings. The molecule has 41 heavy (non-hydrogen) atoms. The van der Waals surface area contributed by atoms with E-state index in [0.29, 0.717) is 11.3 Å². The molecule has 2 aliphatic heterocycles. The smallest absolute Gasteiger partial charge is 0.350 e. The maximum atomic E-state index is 13.5. The normalized spacial score (nSPS) is 28.9. The highest BCUT2D eigenvalue weighted by Crippen LogP contribution is 2.65. The molecule has 0 aromatic carbocycles. The molecule has 4 rings (SSSR count). The summed E-state index contributed by atoms with van der Waals surface area (Å²) in [5.74, 6) is -5.78. The number of amides is 4. The quantitative estimate of drug-likeness (QED) is 0.342. The van der Waals surface area contributed by atoms with Crippen molar-refractivity contribution >= 4 is 23.6 Å². The third-order valence-electron chi connectivity index (χ3n) is 8.81. The summed E-state index contributed by atoms with van der Waals surface area (Å²) < 4.78 is 77.7. The predicted molar refractivity (Wildman–Crippen MR) is 128 cm³/mol. The molecule has 0 aromatic rings. The number of hydrogen-bond acceptors (Lipinski definition) is 6. The van der Waals surface area contributed by atoms with E-state index < -0.39 is 78.5 Å². The van der Waals surface area contributed by atoms with Crippen LogP contribution in [-0.2, 0) is 19.2 Å². The first-order valence-corrected chi connectivity index (χ1v) is 13.2. The SMILES string of the molecule is CN(C[C@H](NC(=O)C(F)(F)F)C(=O)N1CC2C(C1C(=O)N[C@H](C#N)C[C@@H]1CC3(CC3)NC1=O)C2(C)C)CC(F)(F)F. The van der Waals surface area contributed by atoms with Crippen LogP contribution in [0.25, 0.3) is 0 Å². The second kappa shape index (κ2) is 10.3. The molecule has 2 saturated heterocycles. The molecule has 4 amide bonds. The molecule has 0 radical (unpaired) electrons. The van der Waals surface area contributed by atoms with Crippen LogP contribution in [0.3, 0.4) is 0 Å². The maximum absolute atomic E-state index is 13.5. The van der Waals surface area contributed by atoms with E-state index in [-0.39, 0.29) is 30.3 Å². The fourth-order valence-electron chi connectivity index (χ4n) is 6.46. The number of likely N-dealkylation sites (N-methyl/N-ethyl adjacent to an activating group) is 1. The average molecular weight is 595 g/mol. The van der Waals surface area contributed by atoms with Crippen molar-refractivity contribution in [3.63, 3.8) is 0 Å². The van der Waals surface area contributed by atoms with E-state index in [0.717, 1.165) is 24.8 Å². The van der Waals surface area contributed by atoms with Crippen molar-refractivity contribution in [1.82, 2.24) is 25.8 Å². The van der Waals surface area contributed by atoms with E-state index in [2.05, 4.69) is 10.6 Å². The number of likely N-dealkylation sites (tertiary alicyclic amines) is 1. The molecular weight excluding hydrogens is 562 g/mol. The van der Waals surface area contributed by atoms with E-state index >= 15 is 0 Å². The number of rotatable bonds is 9. The van der Waals surface area contributed by atoms with Gasteiger partial charge in [-0.15, -0.1) is 0 Å². The van der Waals surface area contributed by atoms with Crippen LogP contribution >= 0.6 is 0 Å². The highest BCUT2D eigenvalue weighted by atomic mass is 19.4. The van der Waals surface area contributed by atoms with Crippen molar-refractivity contribution < 1.29 is 45.5 Å². The Bertz CT molecular complexity index is 1150. The van der Waals surface area contributed by atoms with Crippen molar-refractivity contribution in [2.75, 3.05) is 26.7 Å². The van der Waals surface area contributed by atoms with E-state index in [9.17, 15) is 50.8 Å². The van der Waals surface area contributed by atoms with Gasteiger partial charge in [0.1, 0.15) is 18.1 Å². The van der Waals surface area contributed by atoms with Crippen LogP contribution in [0.2, 0.25) is 0 Å². The molecule has 3 N–H and O–H groups in total. The summed E-state index contributed by atoms with van der Waals surface area (Å²) in [6.07, 6.45) is -7.91. The summed E-state index contributed by atoms with van der Waals surface area (Å²) in [5, 5.41) is 16.6. The van der Waals surface area contributed by atoms with Crippen molar-refractivity contribution in [1.29, 1.82) is 5.26 Å². The van der Waals surface area contributed by atoms with Gasteiger partial charge in [0.2, 0.25) is 17.7 Å². The van der Waals surface area contributed by atoms with Crippen molar-refractivity contribution in [3.8, 4) is 6.07 Å². The summed E-state index contributed by atoms with van der Waals surface area (Å²) >= 11 is 0. The molecule has 2 heterocycles. The lowest BCUT2D eigenvalue weighted by Gasteiger charge is -2.34. The Morgan fingerprint density at radius 3 is 2.32 bits per heavy atom. The molecule has 2 saturated carbocycles. The lowest BCUT2D eigenvalue weighted by atomic mass is 9.95. The average Bonchev–Trinajstić information content (AvgIpc) is 3.54. The summed E-state index contributed by atoms with van der Waals surface area (Å²) in [7, 11) is 0.935. The van der Waals surface area contributed by atoms with Crippen LogP contribution in [0.5, 0.6) is 0 Å². The van der Waals surface area contributed by atoms with E-state index in [1.807, 2.05) is 19.9 Å². The maximum Gasteiger partial charge on any atom is 0.471 e. The molecule has 4 fully saturated rings. The number of nitriles is 1. The molecule has 0 bridgehead atoms. The van der Waals surface area contributed by atoms with Crippen LogP contribution in [0.15, 0.2) is 0 Å². The number of hydrogen-bond donors (Lipinski definition) is 3. The van der Waals surface area contributed by atoms with Crippen LogP contribution in [0, 0.1) is 34.5 Å². The number of carbonyl (C=O) groups excluding carboxylic acids is 4. The highest BCUT2D eigenvalue weighted by Gasteiger charge is 2.69. The minimum Gasteiger partial charge on any atom is -0.350 e. The predicted octanol–water partition coefficient (Wildman–Crippen LogP) is 1.08. The monoisotopic (exact) mass is 594 g/mol. The van der Waals surface area contributed by atoms with Gasteiger partial charge in [0.05, 0.1) is 12.6 Å². The molecular formula is C25H32F6N6O4. The van der Waals surface area contributed by atoms with E-state index in [4.69, 9.17) is 0 Å². The zero-order valence-corrected chi connectivity index (χ0v) is 22.7. The Balaban J connectivity index is 1.51.